The molecule has 1 aliphatic rings. The Morgan fingerprint density at radius 2 is 1.77 bits per heavy atom. The Morgan fingerprint density at radius 3 is 2.41 bits per heavy atom. The van der Waals surface area contributed by atoms with Gasteiger partial charge in [0.15, 0.2) is 5.13 Å². The molecule has 4 rings (SSSR count). The number of ether oxygens (including phenoxy) is 1. The van der Waals surface area contributed by atoms with Crippen molar-refractivity contribution in [2.75, 3.05) is 50.1 Å². The molecule has 1 aliphatic heterocycles. The number of hydrogen-bond acceptors (Lipinski definition) is 7. The molecule has 1 fully saturated rings. The van der Waals surface area contributed by atoms with Crippen molar-refractivity contribution in [2.45, 2.75) is 26.3 Å². The topological polar surface area (TPSA) is 95.1 Å². The highest BCUT2D eigenvalue weighted by Gasteiger charge is 2.25. The molecule has 3 aromatic rings. The van der Waals surface area contributed by atoms with Crippen molar-refractivity contribution >= 4 is 39.9 Å². The number of carbonyl (C=O) groups excluding carboxylic acids is 3. The number of para-hydroxylation sites is 1. The molecule has 0 atom stereocenters. The van der Waals surface area contributed by atoms with Crippen molar-refractivity contribution in [3.8, 4) is 5.75 Å². The normalized spacial score (nSPS) is 13.4. The lowest BCUT2D eigenvalue weighted by molar-refractivity contribution is -0.130. The zero-order valence-electron chi connectivity index (χ0n) is 22.2. The third-order valence-electron chi connectivity index (χ3n) is 6.49. The number of methoxy groups -OCH3 is 1. The molecule has 1 aromatic heterocycles. The van der Waals surface area contributed by atoms with Crippen LogP contribution in [0.1, 0.15) is 29.9 Å². The van der Waals surface area contributed by atoms with Crippen LogP contribution >= 0.6 is 11.3 Å². The Balaban J connectivity index is 1.28. The number of piperazine rings is 1. The largest absolute Gasteiger partial charge is 0.497 e. The fraction of sp³-hybridized carbons (Fsp3) is 0.357. The number of amides is 3. The fourth-order valence-corrected chi connectivity index (χ4v) is 5.05. The number of nitrogens with zero attached hydrogens (tertiary/aromatic N) is 4. The van der Waals surface area contributed by atoms with Gasteiger partial charge in [-0.3, -0.25) is 14.4 Å². The van der Waals surface area contributed by atoms with E-state index in [0.717, 1.165) is 0 Å². The van der Waals surface area contributed by atoms with E-state index < -0.39 is 0 Å². The van der Waals surface area contributed by atoms with Crippen molar-refractivity contribution in [2.24, 2.45) is 0 Å². The summed E-state index contributed by atoms with van der Waals surface area (Å²) in [5.41, 5.74) is 1.57. The maximum absolute atomic E-state index is 14.1. The van der Waals surface area contributed by atoms with Crippen molar-refractivity contribution in [1.82, 2.24) is 14.8 Å². The number of rotatable bonds is 9. The van der Waals surface area contributed by atoms with E-state index in [4.69, 9.17) is 4.74 Å². The van der Waals surface area contributed by atoms with Gasteiger partial charge in [-0.05, 0) is 50.2 Å². The summed E-state index contributed by atoms with van der Waals surface area (Å²) in [4.78, 5) is 48.2. The lowest BCUT2D eigenvalue weighted by atomic mass is 10.1. The molecule has 2 heterocycles. The van der Waals surface area contributed by atoms with Gasteiger partial charge in [0.1, 0.15) is 18.1 Å². The molecule has 39 heavy (non-hydrogen) atoms. The van der Waals surface area contributed by atoms with Gasteiger partial charge in [-0.2, -0.15) is 0 Å². The Kier molecular flexibility index (Phi) is 9.13. The highest BCUT2D eigenvalue weighted by Crippen LogP contribution is 2.21. The molecule has 9 nitrogen and oxygen atoms in total. The number of anilines is 2. The highest BCUT2D eigenvalue weighted by molar-refractivity contribution is 7.13. The number of nitrogens with one attached hydrogen (secondary N) is 1. The van der Waals surface area contributed by atoms with E-state index in [0.29, 0.717) is 54.0 Å². The zero-order valence-corrected chi connectivity index (χ0v) is 23.0. The maximum Gasteiger partial charge on any atom is 0.254 e. The third-order valence-corrected chi connectivity index (χ3v) is 7.30. The second kappa shape index (κ2) is 12.7. The van der Waals surface area contributed by atoms with E-state index >= 15 is 0 Å². The molecule has 206 valence electrons. The molecule has 1 saturated heterocycles. The minimum absolute atomic E-state index is 0.0672. The number of carbonyl (C=O) groups is 3. The van der Waals surface area contributed by atoms with Gasteiger partial charge >= 0.3 is 0 Å². The van der Waals surface area contributed by atoms with Gasteiger partial charge < -0.3 is 24.8 Å². The lowest BCUT2D eigenvalue weighted by Gasteiger charge is -2.36. The number of aromatic nitrogens is 1. The van der Waals surface area contributed by atoms with Crippen LogP contribution in [0.5, 0.6) is 5.75 Å². The first-order valence-electron chi connectivity index (χ1n) is 12.7. The van der Waals surface area contributed by atoms with Crippen molar-refractivity contribution in [3.05, 3.63) is 71.0 Å². The van der Waals surface area contributed by atoms with E-state index in [1.807, 2.05) is 18.7 Å². The van der Waals surface area contributed by atoms with Crippen LogP contribution in [0, 0.1) is 5.82 Å². The Morgan fingerprint density at radius 1 is 1.08 bits per heavy atom. The number of halogens is 1. The Bertz CT molecular complexity index is 1310. The molecule has 2 aromatic carbocycles. The molecule has 0 saturated carbocycles. The fourth-order valence-electron chi connectivity index (χ4n) is 4.32. The first-order chi connectivity index (χ1) is 18.7. The van der Waals surface area contributed by atoms with E-state index in [1.54, 1.807) is 59.9 Å². The summed E-state index contributed by atoms with van der Waals surface area (Å²) in [6.07, 6.45) is 0.111. The van der Waals surface area contributed by atoms with Gasteiger partial charge in [-0.25, -0.2) is 9.37 Å². The van der Waals surface area contributed by atoms with Crippen LogP contribution in [0.3, 0.4) is 0 Å². The molecule has 3 amide bonds. The molecular weight excluding hydrogens is 521 g/mol. The summed E-state index contributed by atoms with van der Waals surface area (Å²) >= 11 is 1.23. The summed E-state index contributed by atoms with van der Waals surface area (Å²) in [5.74, 6) is -0.327. The number of hydrogen-bond donors (Lipinski definition) is 1. The summed E-state index contributed by atoms with van der Waals surface area (Å²) < 4.78 is 19.2. The first kappa shape index (κ1) is 28.0. The Labute approximate surface area is 231 Å². The second-order valence-electron chi connectivity index (χ2n) is 9.44. The molecule has 0 spiro atoms. The van der Waals surface area contributed by atoms with Gasteiger partial charge in [-0.15, -0.1) is 11.3 Å². The molecule has 0 unspecified atom stereocenters. The smallest absolute Gasteiger partial charge is 0.254 e. The van der Waals surface area contributed by atoms with Crippen molar-refractivity contribution in [3.63, 3.8) is 0 Å². The van der Waals surface area contributed by atoms with Crippen LogP contribution in [0.4, 0.5) is 15.2 Å². The van der Waals surface area contributed by atoms with Crippen LogP contribution in [0.15, 0.2) is 53.9 Å². The van der Waals surface area contributed by atoms with Crippen LogP contribution in [-0.4, -0.2) is 78.4 Å². The van der Waals surface area contributed by atoms with Gasteiger partial charge in [0.05, 0.1) is 24.9 Å². The van der Waals surface area contributed by atoms with E-state index in [-0.39, 0.29) is 42.5 Å². The number of thiazole rings is 1. The SMILES string of the molecule is COc1ccc(C(=O)N(CC(=O)Nc2nc(CC(=O)N3CCN(c4ccccc4F)CC3)cs2)C(C)C)cc1. The third kappa shape index (κ3) is 7.11. The van der Waals surface area contributed by atoms with Gasteiger partial charge in [-0.1, -0.05) is 12.1 Å². The van der Waals surface area contributed by atoms with E-state index in [2.05, 4.69) is 10.3 Å². The maximum atomic E-state index is 14.1. The molecule has 0 bridgehead atoms. The minimum atomic E-state index is -0.373. The number of benzene rings is 2. The monoisotopic (exact) mass is 553 g/mol. The standard InChI is InChI=1S/C28H32FN5O4S/c1-19(2)34(27(37)20-8-10-22(38-3)11-9-20)17-25(35)31-28-30-21(18-39-28)16-26(36)33-14-12-32(13-15-33)24-7-5-4-6-23(24)29/h4-11,18-19H,12-17H2,1-3H3,(H,30,31,35). The van der Waals surface area contributed by atoms with Crippen LogP contribution in [0.2, 0.25) is 0 Å². The van der Waals surface area contributed by atoms with Crippen molar-refractivity contribution in [1.29, 1.82) is 0 Å². The van der Waals surface area contributed by atoms with E-state index in [9.17, 15) is 18.8 Å². The molecule has 0 radical (unpaired) electrons. The van der Waals surface area contributed by atoms with Crippen LogP contribution in [-0.2, 0) is 16.0 Å². The average molecular weight is 554 g/mol. The van der Waals surface area contributed by atoms with Gasteiger partial charge in [0.2, 0.25) is 11.8 Å². The minimum Gasteiger partial charge on any atom is -0.497 e. The second-order valence-corrected chi connectivity index (χ2v) is 10.3. The van der Waals surface area contributed by atoms with Crippen molar-refractivity contribution < 1.29 is 23.5 Å². The highest BCUT2D eigenvalue weighted by atomic mass is 32.1. The van der Waals surface area contributed by atoms with Gasteiger partial charge in [0, 0.05) is 43.2 Å². The Hall–Kier alpha value is -3.99. The lowest BCUT2D eigenvalue weighted by Crippen LogP contribution is -2.49. The molecule has 11 heteroatoms. The molecule has 1 N–H and O–H groups in total. The van der Waals surface area contributed by atoms with Crippen LogP contribution < -0.4 is 15.0 Å². The molecule has 0 aliphatic carbocycles. The molecular formula is C28H32FN5O4S. The van der Waals surface area contributed by atoms with Crippen LogP contribution in [0.25, 0.3) is 0 Å². The average Bonchev–Trinajstić information content (AvgIpc) is 3.37. The summed E-state index contributed by atoms with van der Waals surface area (Å²) in [7, 11) is 1.55. The quantitative estimate of drug-likeness (QED) is 0.435. The predicted molar refractivity (Wildman–Crippen MR) is 149 cm³/mol. The van der Waals surface area contributed by atoms with Gasteiger partial charge in [0.25, 0.3) is 5.91 Å². The zero-order chi connectivity index (χ0) is 27.9. The summed E-state index contributed by atoms with van der Waals surface area (Å²) in [6, 6.07) is 13.2. The van der Waals surface area contributed by atoms with E-state index in [1.165, 1.54) is 22.3 Å². The summed E-state index contributed by atoms with van der Waals surface area (Å²) in [5, 5.41) is 4.85. The predicted octanol–water partition coefficient (Wildman–Crippen LogP) is 3.67. The summed E-state index contributed by atoms with van der Waals surface area (Å²) in [6.45, 7) is 5.64. The first-order valence-corrected chi connectivity index (χ1v) is 13.6.